The monoisotopic (exact) mass is 369 g/mol. The zero-order valence-corrected chi connectivity index (χ0v) is 15.9. The van der Waals surface area contributed by atoms with Crippen LogP contribution in [0.25, 0.3) is 0 Å². The third-order valence-corrected chi connectivity index (χ3v) is 5.94. The van der Waals surface area contributed by atoms with Crippen LogP contribution in [0.15, 0.2) is 27.9 Å². The summed E-state index contributed by atoms with van der Waals surface area (Å²) in [5.41, 5.74) is 2.29. The molecule has 144 valence electrons. The van der Waals surface area contributed by atoms with Crippen LogP contribution in [0.1, 0.15) is 42.8 Å². The van der Waals surface area contributed by atoms with Crippen molar-refractivity contribution < 1.29 is 0 Å². The molecule has 7 heteroatoms. The molecule has 7 nitrogen and oxygen atoms in total. The Morgan fingerprint density at radius 2 is 1.89 bits per heavy atom. The molecule has 2 aromatic heterocycles. The van der Waals surface area contributed by atoms with E-state index in [1.54, 1.807) is 28.6 Å². The highest BCUT2D eigenvalue weighted by Gasteiger charge is 2.22. The van der Waals surface area contributed by atoms with Crippen molar-refractivity contribution in [2.45, 2.75) is 51.6 Å². The van der Waals surface area contributed by atoms with Crippen molar-refractivity contribution in [2.75, 3.05) is 13.1 Å². The maximum atomic E-state index is 12.4. The second-order valence-electron chi connectivity index (χ2n) is 7.82. The van der Waals surface area contributed by atoms with E-state index in [0.29, 0.717) is 19.0 Å². The zero-order chi connectivity index (χ0) is 18.8. The summed E-state index contributed by atoms with van der Waals surface area (Å²) < 4.78 is 3.30. The lowest BCUT2D eigenvalue weighted by molar-refractivity contribution is 0.158. The summed E-state index contributed by atoms with van der Waals surface area (Å²) >= 11 is 0. The lowest BCUT2D eigenvalue weighted by Gasteiger charge is -2.32. The standard InChI is InChI=1S/C20H27N5O2/c1-23-18(21-9-6-19(23)26)14-24-10-7-15(8-11-24)13-25-20(27)12-16-4-2-3-5-17(16)22-25/h6,9,12,15H,2-5,7-8,10-11,13-14H2,1H3. The summed E-state index contributed by atoms with van der Waals surface area (Å²) in [6.45, 7) is 3.31. The Bertz CT molecular complexity index is 925. The largest absolute Gasteiger partial charge is 0.299 e. The van der Waals surface area contributed by atoms with Gasteiger partial charge in [-0.15, -0.1) is 0 Å². The molecule has 0 bridgehead atoms. The van der Waals surface area contributed by atoms with E-state index < -0.39 is 0 Å². The number of fused-ring (bicyclic) bond motifs is 1. The number of rotatable bonds is 4. The van der Waals surface area contributed by atoms with Crippen molar-refractivity contribution in [2.24, 2.45) is 13.0 Å². The van der Waals surface area contributed by atoms with Crippen LogP contribution in [0.3, 0.4) is 0 Å². The van der Waals surface area contributed by atoms with Gasteiger partial charge in [-0.3, -0.25) is 19.1 Å². The van der Waals surface area contributed by atoms with E-state index in [4.69, 9.17) is 0 Å². The predicted molar refractivity (Wildman–Crippen MR) is 103 cm³/mol. The van der Waals surface area contributed by atoms with Gasteiger partial charge in [-0.1, -0.05) is 0 Å². The smallest absolute Gasteiger partial charge is 0.267 e. The van der Waals surface area contributed by atoms with Gasteiger partial charge in [0.1, 0.15) is 5.82 Å². The van der Waals surface area contributed by atoms with Crippen LogP contribution in [-0.2, 0) is 33.0 Å². The molecular weight excluding hydrogens is 342 g/mol. The Hall–Kier alpha value is -2.28. The number of piperidine rings is 1. The highest BCUT2D eigenvalue weighted by atomic mass is 16.1. The van der Waals surface area contributed by atoms with E-state index in [2.05, 4.69) is 15.0 Å². The molecule has 0 unspecified atom stereocenters. The summed E-state index contributed by atoms with van der Waals surface area (Å²) in [4.78, 5) is 30.8. The Balaban J connectivity index is 1.36. The maximum absolute atomic E-state index is 12.4. The third kappa shape index (κ3) is 4.03. The van der Waals surface area contributed by atoms with Gasteiger partial charge in [0.05, 0.1) is 12.2 Å². The highest BCUT2D eigenvalue weighted by molar-refractivity contribution is 5.20. The Kier molecular flexibility index (Phi) is 5.20. The number of likely N-dealkylation sites (tertiary alicyclic amines) is 1. The zero-order valence-electron chi connectivity index (χ0n) is 15.9. The van der Waals surface area contributed by atoms with E-state index in [9.17, 15) is 9.59 Å². The first-order valence-corrected chi connectivity index (χ1v) is 9.93. The molecule has 0 saturated carbocycles. The second-order valence-corrected chi connectivity index (χ2v) is 7.82. The quantitative estimate of drug-likeness (QED) is 0.808. The number of aryl methyl sites for hydroxylation is 2. The fourth-order valence-electron chi connectivity index (χ4n) is 4.16. The van der Waals surface area contributed by atoms with Gasteiger partial charge in [0.25, 0.3) is 11.1 Å². The van der Waals surface area contributed by atoms with Crippen molar-refractivity contribution in [3.63, 3.8) is 0 Å². The average Bonchev–Trinajstić information content (AvgIpc) is 2.67. The van der Waals surface area contributed by atoms with Gasteiger partial charge < -0.3 is 0 Å². The first-order chi connectivity index (χ1) is 13.1. The molecule has 0 radical (unpaired) electrons. The van der Waals surface area contributed by atoms with Gasteiger partial charge in [0, 0.05) is 31.9 Å². The van der Waals surface area contributed by atoms with Crippen molar-refractivity contribution in [1.29, 1.82) is 0 Å². The van der Waals surface area contributed by atoms with E-state index in [1.165, 1.54) is 18.9 Å². The second kappa shape index (κ2) is 7.76. The van der Waals surface area contributed by atoms with Gasteiger partial charge in [0.2, 0.25) is 0 Å². The molecule has 2 aliphatic rings. The molecule has 1 aliphatic carbocycles. The van der Waals surface area contributed by atoms with Crippen molar-refractivity contribution in [3.05, 3.63) is 56.1 Å². The summed E-state index contributed by atoms with van der Waals surface area (Å²) in [7, 11) is 1.77. The van der Waals surface area contributed by atoms with Crippen LogP contribution in [0.5, 0.6) is 0 Å². The average molecular weight is 369 g/mol. The summed E-state index contributed by atoms with van der Waals surface area (Å²) in [5.74, 6) is 1.27. The Morgan fingerprint density at radius 1 is 1.11 bits per heavy atom. The van der Waals surface area contributed by atoms with E-state index >= 15 is 0 Å². The molecule has 1 saturated heterocycles. The van der Waals surface area contributed by atoms with Crippen LogP contribution in [0, 0.1) is 5.92 Å². The van der Waals surface area contributed by atoms with Crippen LogP contribution >= 0.6 is 0 Å². The lowest BCUT2D eigenvalue weighted by Crippen LogP contribution is -2.38. The van der Waals surface area contributed by atoms with Crippen LogP contribution in [0.2, 0.25) is 0 Å². The fraction of sp³-hybridized carbons (Fsp3) is 0.600. The highest BCUT2D eigenvalue weighted by Crippen LogP contribution is 2.21. The number of nitrogens with zero attached hydrogens (tertiary/aromatic N) is 5. The Morgan fingerprint density at radius 3 is 2.70 bits per heavy atom. The fourth-order valence-corrected chi connectivity index (χ4v) is 4.16. The third-order valence-electron chi connectivity index (χ3n) is 5.94. The van der Waals surface area contributed by atoms with E-state index in [0.717, 1.165) is 55.9 Å². The molecule has 1 fully saturated rings. The van der Waals surface area contributed by atoms with Gasteiger partial charge in [-0.25, -0.2) is 9.67 Å². The lowest BCUT2D eigenvalue weighted by atomic mass is 9.96. The Labute approximate surface area is 158 Å². The molecule has 3 heterocycles. The minimum atomic E-state index is -0.0206. The molecule has 2 aromatic rings. The molecule has 0 aromatic carbocycles. The van der Waals surface area contributed by atoms with E-state index in [-0.39, 0.29) is 11.1 Å². The summed E-state index contributed by atoms with van der Waals surface area (Å²) in [6, 6.07) is 3.29. The van der Waals surface area contributed by atoms with Gasteiger partial charge in [-0.2, -0.15) is 5.10 Å². The molecule has 0 N–H and O–H groups in total. The molecule has 1 aliphatic heterocycles. The number of hydrogen-bond donors (Lipinski definition) is 0. The first kappa shape index (κ1) is 18.1. The van der Waals surface area contributed by atoms with Crippen LogP contribution in [0.4, 0.5) is 0 Å². The predicted octanol–water partition coefficient (Wildman–Crippen LogP) is 1.13. The first-order valence-electron chi connectivity index (χ1n) is 9.93. The molecule has 4 rings (SSSR count). The minimum absolute atomic E-state index is 0.0206. The maximum Gasteiger partial charge on any atom is 0.267 e. The van der Waals surface area contributed by atoms with Crippen LogP contribution < -0.4 is 11.1 Å². The van der Waals surface area contributed by atoms with Gasteiger partial charge in [0.15, 0.2) is 0 Å². The topological polar surface area (TPSA) is 73.0 Å². The van der Waals surface area contributed by atoms with Gasteiger partial charge in [-0.05, 0) is 63.1 Å². The molecule has 27 heavy (non-hydrogen) atoms. The normalized spacial score (nSPS) is 18.4. The molecule has 0 spiro atoms. The summed E-state index contributed by atoms with van der Waals surface area (Å²) in [6.07, 6.45) is 7.98. The number of hydrogen-bond acceptors (Lipinski definition) is 5. The molecule has 0 amide bonds. The van der Waals surface area contributed by atoms with E-state index in [1.807, 2.05) is 0 Å². The van der Waals surface area contributed by atoms with Crippen molar-refractivity contribution in [1.82, 2.24) is 24.2 Å². The minimum Gasteiger partial charge on any atom is -0.299 e. The van der Waals surface area contributed by atoms with Crippen molar-refractivity contribution >= 4 is 0 Å². The van der Waals surface area contributed by atoms with Gasteiger partial charge >= 0.3 is 0 Å². The van der Waals surface area contributed by atoms with Crippen LogP contribution in [-0.4, -0.2) is 37.3 Å². The SMILES string of the molecule is Cn1c(CN2CCC(Cn3nc4c(cc3=O)CCCC4)CC2)nccc1=O. The van der Waals surface area contributed by atoms with Crippen molar-refractivity contribution in [3.8, 4) is 0 Å². The molecule has 0 atom stereocenters. The summed E-state index contributed by atoms with van der Waals surface area (Å²) in [5, 5.41) is 4.66. The number of aromatic nitrogens is 4. The molecular formula is C20H27N5O2.